The van der Waals surface area contributed by atoms with Gasteiger partial charge in [0.05, 0.1) is 0 Å². The van der Waals surface area contributed by atoms with E-state index in [2.05, 4.69) is 21.2 Å². The zero-order valence-corrected chi connectivity index (χ0v) is 16.0. The molecule has 0 bridgehead atoms. The number of aryl methyl sites for hydroxylation is 1. The Bertz CT molecular complexity index is 722. The van der Waals surface area contributed by atoms with Crippen molar-refractivity contribution < 1.29 is 9.53 Å². The highest BCUT2D eigenvalue weighted by atomic mass is 79.9. The zero-order chi connectivity index (χ0) is 17.5. The number of amides is 1. The van der Waals surface area contributed by atoms with Crippen LogP contribution in [0.5, 0.6) is 5.75 Å². The summed E-state index contributed by atoms with van der Waals surface area (Å²) in [7, 11) is 1.84. The molecule has 0 aliphatic carbocycles. The smallest absolute Gasteiger partial charge is 0.264 e. The molecule has 0 heterocycles. The van der Waals surface area contributed by atoms with E-state index >= 15 is 0 Å². The Morgan fingerprint density at radius 2 is 1.96 bits per heavy atom. The van der Waals surface area contributed by atoms with Gasteiger partial charge in [-0.3, -0.25) is 4.79 Å². The summed E-state index contributed by atoms with van der Waals surface area (Å²) in [5.74, 6) is 0.402. The first-order chi connectivity index (χ1) is 11.5. The Morgan fingerprint density at radius 1 is 1.25 bits per heavy atom. The molecular weight excluding hydrogens is 388 g/mol. The molecule has 0 fully saturated rings. The molecule has 0 saturated carbocycles. The van der Waals surface area contributed by atoms with Gasteiger partial charge < -0.3 is 15.0 Å². The molecule has 0 unspecified atom stereocenters. The molecule has 24 heavy (non-hydrogen) atoms. The van der Waals surface area contributed by atoms with E-state index in [1.165, 1.54) is 0 Å². The van der Waals surface area contributed by atoms with Gasteiger partial charge in [-0.05, 0) is 48.5 Å². The second-order valence-corrected chi connectivity index (χ2v) is 6.70. The van der Waals surface area contributed by atoms with Gasteiger partial charge in [-0.25, -0.2) is 0 Å². The highest BCUT2D eigenvalue weighted by molar-refractivity contribution is 9.10. The van der Waals surface area contributed by atoms with Gasteiger partial charge in [0.2, 0.25) is 0 Å². The minimum Gasteiger partial charge on any atom is -0.483 e. The fraction of sp³-hybridized carbons (Fsp3) is 0.222. The molecule has 0 spiro atoms. The number of ether oxygens (including phenoxy) is 1. The average molecular weight is 407 g/mol. The van der Waals surface area contributed by atoms with Crippen molar-refractivity contribution in [2.45, 2.75) is 13.5 Å². The predicted molar refractivity (Wildman–Crippen MR) is 103 cm³/mol. The van der Waals surface area contributed by atoms with Crippen LogP contribution in [0.25, 0.3) is 0 Å². The number of carbonyl (C=O) groups is 1. The van der Waals surface area contributed by atoms with Crippen LogP contribution >= 0.6 is 28.1 Å². The Morgan fingerprint density at radius 3 is 2.62 bits per heavy atom. The topological polar surface area (TPSA) is 41.6 Å². The lowest BCUT2D eigenvalue weighted by Crippen LogP contribution is -2.42. The van der Waals surface area contributed by atoms with Crippen LogP contribution in [-0.4, -0.2) is 29.6 Å². The third-order valence-electron chi connectivity index (χ3n) is 3.35. The van der Waals surface area contributed by atoms with Gasteiger partial charge in [0.25, 0.3) is 5.91 Å². The molecule has 0 aliphatic rings. The lowest BCUT2D eigenvalue weighted by Gasteiger charge is -2.20. The summed E-state index contributed by atoms with van der Waals surface area (Å²) in [5.41, 5.74) is 2.08. The van der Waals surface area contributed by atoms with Crippen molar-refractivity contribution >= 4 is 39.2 Å². The van der Waals surface area contributed by atoms with Gasteiger partial charge in [0.15, 0.2) is 11.7 Å². The van der Waals surface area contributed by atoms with Crippen molar-refractivity contribution in [3.8, 4) is 5.75 Å². The third kappa shape index (κ3) is 5.62. The van der Waals surface area contributed by atoms with Crippen molar-refractivity contribution in [1.82, 2.24) is 10.2 Å². The van der Waals surface area contributed by atoms with E-state index in [9.17, 15) is 4.79 Å². The molecular formula is C18H19BrN2O2S. The third-order valence-corrected chi connectivity index (χ3v) is 4.26. The number of hydrogen-bond donors (Lipinski definition) is 1. The lowest BCUT2D eigenvalue weighted by molar-refractivity contribution is -0.121. The Balaban J connectivity index is 1.82. The number of nitrogens with one attached hydrogen (secondary N) is 1. The van der Waals surface area contributed by atoms with Crippen molar-refractivity contribution in [1.29, 1.82) is 0 Å². The molecule has 6 heteroatoms. The summed E-state index contributed by atoms with van der Waals surface area (Å²) >= 11 is 8.65. The number of hydrogen-bond acceptors (Lipinski definition) is 3. The summed E-state index contributed by atoms with van der Waals surface area (Å²) in [4.78, 5) is 13.8. The van der Waals surface area contributed by atoms with Gasteiger partial charge in [-0.2, -0.15) is 0 Å². The van der Waals surface area contributed by atoms with Gasteiger partial charge >= 0.3 is 0 Å². The minimum atomic E-state index is -0.276. The van der Waals surface area contributed by atoms with Crippen LogP contribution in [0.1, 0.15) is 11.1 Å². The second kappa shape index (κ2) is 8.80. The maximum atomic E-state index is 12.0. The van der Waals surface area contributed by atoms with Gasteiger partial charge in [0, 0.05) is 18.1 Å². The van der Waals surface area contributed by atoms with E-state index in [1.807, 2.05) is 67.4 Å². The molecule has 1 N–H and O–H groups in total. The molecule has 0 aromatic heterocycles. The number of halogens is 1. The quantitative estimate of drug-likeness (QED) is 0.769. The molecule has 2 aromatic rings. The van der Waals surface area contributed by atoms with Gasteiger partial charge in [-0.15, -0.1) is 0 Å². The minimum absolute atomic E-state index is 0.0816. The van der Waals surface area contributed by atoms with Crippen LogP contribution in [0.3, 0.4) is 0 Å². The predicted octanol–water partition coefficient (Wildman–Crippen LogP) is 3.67. The van der Waals surface area contributed by atoms with Gasteiger partial charge in [0.1, 0.15) is 5.75 Å². The number of benzene rings is 2. The molecule has 1 amide bonds. The number of thiocarbonyl (C=S) groups is 1. The fourth-order valence-corrected chi connectivity index (χ4v) is 2.75. The van der Waals surface area contributed by atoms with E-state index in [4.69, 9.17) is 17.0 Å². The molecule has 0 atom stereocenters. The van der Waals surface area contributed by atoms with Crippen molar-refractivity contribution in [2.24, 2.45) is 0 Å². The lowest BCUT2D eigenvalue weighted by atomic mass is 10.2. The maximum Gasteiger partial charge on any atom is 0.264 e. The van der Waals surface area contributed by atoms with E-state index in [0.29, 0.717) is 17.4 Å². The van der Waals surface area contributed by atoms with E-state index in [0.717, 1.165) is 15.6 Å². The second-order valence-electron chi connectivity index (χ2n) is 5.39. The number of nitrogens with zero attached hydrogens (tertiary/aromatic N) is 1. The molecule has 0 radical (unpaired) electrons. The fourth-order valence-electron chi connectivity index (χ4n) is 2.10. The highest BCUT2D eigenvalue weighted by Crippen LogP contribution is 2.21. The Kier molecular flexibility index (Phi) is 6.75. The SMILES string of the molecule is Cc1cc(Br)ccc1OCC(=O)NC(=S)N(C)Cc1ccccc1. The van der Waals surface area contributed by atoms with Crippen LogP contribution in [0, 0.1) is 6.92 Å². The van der Waals surface area contributed by atoms with Crippen LogP contribution in [-0.2, 0) is 11.3 Å². The molecule has 2 rings (SSSR count). The van der Waals surface area contributed by atoms with Crippen molar-refractivity contribution in [3.05, 3.63) is 64.1 Å². The first-order valence-electron chi connectivity index (χ1n) is 7.43. The average Bonchev–Trinajstić information content (AvgIpc) is 2.55. The van der Waals surface area contributed by atoms with E-state index in [1.54, 1.807) is 0 Å². The van der Waals surface area contributed by atoms with Crippen molar-refractivity contribution in [2.75, 3.05) is 13.7 Å². The first-order valence-corrected chi connectivity index (χ1v) is 8.63. The summed E-state index contributed by atoms with van der Waals surface area (Å²) < 4.78 is 6.51. The van der Waals surface area contributed by atoms with E-state index < -0.39 is 0 Å². The van der Waals surface area contributed by atoms with Crippen molar-refractivity contribution in [3.63, 3.8) is 0 Å². The maximum absolute atomic E-state index is 12.0. The van der Waals surface area contributed by atoms with Crippen LogP contribution in [0.2, 0.25) is 0 Å². The standard InChI is InChI=1S/C18H19BrN2O2S/c1-13-10-15(19)8-9-16(13)23-12-17(22)20-18(24)21(2)11-14-6-4-3-5-7-14/h3-10H,11-12H2,1-2H3,(H,20,22,24). The Hall–Kier alpha value is -1.92. The highest BCUT2D eigenvalue weighted by Gasteiger charge is 2.11. The van der Waals surface area contributed by atoms with Crippen LogP contribution < -0.4 is 10.1 Å². The molecule has 4 nitrogen and oxygen atoms in total. The summed E-state index contributed by atoms with van der Waals surface area (Å²) in [6.45, 7) is 2.48. The van der Waals surface area contributed by atoms with Crippen LogP contribution in [0.15, 0.2) is 53.0 Å². The summed E-state index contributed by atoms with van der Waals surface area (Å²) in [5, 5.41) is 3.06. The monoisotopic (exact) mass is 406 g/mol. The normalized spacial score (nSPS) is 10.1. The number of carbonyl (C=O) groups excluding carboxylic acids is 1. The largest absolute Gasteiger partial charge is 0.483 e. The zero-order valence-electron chi connectivity index (χ0n) is 13.6. The number of rotatable bonds is 5. The summed E-state index contributed by atoms with van der Waals surface area (Å²) in [6.07, 6.45) is 0. The molecule has 0 aliphatic heterocycles. The molecule has 126 valence electrons. The first kappa shape index (κ1) is 18.4. The summed E-state index contributed by atoms with van der Waals surface area (Å²) in [6, 6.07) is 15.6. The Labute approximate surface area is 155 Å². The molecule has 0 saturated heterocycles. The van der Waals surface area contributed by atoms with Gasteiger partial charge in [-0.1, -0.05) is 46.3 Å². The van der Waals surface area contributed by atoms with E-state index in [-0.39, 0.29) is 12.5 Å². The molecule has 2 aromatic carbocycles. The van der Waals surface area contributed by atoms with Crippen LogP contribution in [0.4, 0.5) is 0 Å².